The van der Waals surface area contributed by atoms with Gasteiger partial charge < -0.3 is 14.2 Å². The maximum atomic E-state index is 11.9. The second-order valence-electron chi connectivity index (χ2n) is 12.1. The number of aromatic carboxylic acids is 1. The van der Waals surface area contributed by atoms with Gasteiger partial charge in [0.1, 0.15) is 0 Å². The van der Waals surface area contributed by atoms with Gasteiger partial charge in [0, 0.05) is 59.8 Å². The summed E-state index contributed by atoms with van der Waals surface area (Å²) >= 11 is 0. The predicted octanol–water partition coefficient (Wildman–Crippen LogP) is 7.79. The molecule has 0 amide bonds. The Hall–Kier alpha value is -3.05. The first-order valence-corrected chi connectivity index (χ1v) is 14.8. The number of carbonyl (C=O) groups is 1. The molecule has 0 radical (unpaired) electrons. The van der Waals surface area contributed by atoms with E-state index in [9.17, 15) is 9.90 Å². The molecule has 1 N–H and O–H groups in total. The summed E-state index contributed by atoms with van der Waals surface area (Å²) in [4.78, 5) is 14.6. The lowest BCUT2D eigenvalue weighted by atomic mass is 9.81. The molecule has 4 aromatic rings. The van der Waals surface area contributed by atoms with Crippen LogP contribution in [0.25, 0.3) is 33.1 Å². The van der Waals surface area contributed by atoms with Gasteiger partial charge >= 0.3 is 5.97 Å². The van der Waals surface area contributed by atoms with Gasteiger partial charge in [-0.05, 0) is 75.1 Å². The van der Waals surface area contributed by atoms with Crippen LogP contribution in [-0.4, -0.2) is 37.2 Å². The van der Waals surface area contributed by atoms with Crippen LogP contribution in [-0.2, 0) is 19.6 Å². The second kappa shape index (κ2) is 9.30. The van der Waals surface area contributed by atoms with Gasteiger partial charge in [-0.2, -0.15) is 0 Å². The third-order valence-corrected chi connectivity index (χ3v) is 9.87. The molecule has 3 aliphatic rings. The molecule has 198 valence electrons. The molecule has 1 saturated heterocycles. The first kappa shape index (κ1) is 24.0. The molecule has 2 aromatic carbocycles. The van der Waals surface area contributed by atoms with E-state index >= 15 is 0 Å². The molecule has 38 heavy (non-hydrogen) atoms. The van der Waals surface area contributed by atoms with Crippen LogP contribution in [0.5, 0.6) is 0 Å². The summed E-state index contributed by atoms with van der Waals surface area (Å²) in [6.07, 6.45) is 12.4. The number of carboxylic acids is 1. The first-order chi connectivity index (χ1) is 18.5. The van der Waals surface area contributed by atoms with Crippen molar-refractivity contribution < 1.29 is 9.90 Å². The molecular weight excluding hydrogens is 470 g/mol. The van der Waals surface area contributed by atoms with Crippen molar-refractivity contribution in [2.75, 3.05) is 0 Å². The number of fused-ring (bicyclic) bond motifs is 4. The van der Waals surface area contributed by atoms with Crippen LogP contribution in [0.2, 0.25) is 0 Å². The van der Waals surface area contributed by atoms with E-state index in [1.165, 1.54) is 83.6 Å². The Morgan fingerprint density at radius 3 is 2.47 bits per heavy atom. The summed E-state index contributed by atoms with van der Waals surface area (Å²) < 4.78 is 5.00. The topological polar surface area (TPSA) is 50.4 Å². The first-order valence-electron chi connectivity index (χ1n) is 14.8. The highest BCUT2D eigenvalue weighted by Crippen LogP contribution is 2.47. The highest BCUT2D eigenvalue weighted by molar-refractivity contribution is 6.03. The maximum Gasteiger partial charge on any atom is 0.335 e. The van der Waals surface area contributed by atoms with Crippen molar-refractivity contribution in [3.05, 3.63) is 59.3 Å². The van der Waals surface area contributed by atoms with Crippen molar-refractivity contribution in [1.82, 2.24) is 14.0 Å². The van der Waals surface area contributed by atoms with E-state index in [4.69, 9.17) is 0 Å². The van der Waals surface area contributed by atoms with Gasteiger partial charge in [-0.3, -0.25) is 4.90 Å². The van der Waals surface area contributed by atoms with E-state index in [1.54, 1.807) is 0 Å². The summed E-state index contributed by atoms with van der Waals surface area (Å²) in [6.45, 7) is 7.65. The van der Waals surface area contributed by atoms with Gasteiger partial charge in [-0.1, -0.05) is 43.5 Å². The SMILES string of the molecule is C[C@@H]1CC[C@@H](C)N1Cc1cn2c3c(cccc13)-c1c(C3CCCCC3)c3ccc(C(=O)O)cc3n1CCC2. The van der Waals surface area contributed by atoms with E-state index in [1.807, 2.05) is 12.1 Å². The zero-order valence-electron chi connectivity index (χ0n) is 22.7. The van der Waals surface area contributed by atoms with Gasteiger partial charge in [0.2, 0.25) is 0 Å². The molecule has 2 aromatic heterocycles. The fraction of sp³-hybridized carbons (Fsp3) is 0.485. The molecular formula is C33H39N3O2. The van der Waals surface area contributed by atoms with Crippen LogP contribution in [0.4, 0.5) is 0 Å². The molecule has 7 rings (SSSR count). The van der Waals surface area contributed by atoms with E-state index in [0.29, 0.717) is 23.6 Å². The van der Waals surface area contributed by atoms with Gasteiger partial charge in [-0.15, -0.1) is 0 Å². The summed E-state index contributed by atoms with van der Waals surface area (Å²) in [7, 11) is 0. The summed E-state index contributed by atoms with van der Waals surface area (Å²) in [5, 5.41) is 12.4. The van der Waals surface area contributed by atoms with E-state index in [-0.39, 0.29) is 0 Å². The van der Waals surface area contributed by atoms with E-state index in [0.717, 1.165) is 31.6 Å². The number of aromatic nitrogens is 2. The fourth-order valence-electron chi connectivity index (χ4n) is 7.92. The summed E-state index contributed by atoms with van der Waals surface area (Å²) in [5.74, 6) is -0.319. The lowest BCUT2D eigenvalue weighted by Gasteiger charge is -2.25. The number of aryl methyl sites for hydroxylation is 2. The average Bonchev–Trinajstić information content (AvgIpc) is 3.55. The van der Waals surface area contributed by atoms with Gasteiger partial charge in [0.15, 0.2) is 0 Å². The number of carboxylic acid groups (broad SMARTS) is 1. The van der Waals surface area contributed by atoms with Crippen molar-refractivity contribution >= 4 is 27.8 Å². The van der Waals surface area contributed by atoms with E-state index in [2.05, 4.69) is 58.3 Å². The number of hydrogen-bond acceptors (Lipinski definition) is 2. The lowest BCUT2D eigenvalue weighted by molar-refractivity contribution is 0.0697. The highest BCUT2D eigenvalue weighted by Gasteiger charge is 2.31. The second-order valence-corrected chi connectivity index (χ2v) is 12.1. The Labute approximate surface area is 225 Å². The minimum Gasteiger partial charge on any atom is -0.478 e. The molecule has 1 saturated carbocycles. The van der Waals surface area contributed by atoms with Crippen LogP contribution >= 0.6 is 0 Å². The Morgan fingerprint density at radius 1 is 0.921 bits per heavy atom. The van der Waals surface area contributed by atoms with Crippen molar-refractivity contribution in [2.24, 2.45) is 0 Å². The molecule has 2 fully saturated rings. The van der Waals surface area contributed by atoms with Crippen molar-refractivity contribution in [1.29, 1.82) is 0 Å². The Kier molecular flexibility index (Phi) is 5.88. The van der Waals surface area contributed by atoms with Crippen molar-refractivity contribution in [3.8, 4) is 11.3 Å². The number of para-hydroxylation sites is 1. The minimum atomic E-state index is -0.849. The highest BCUT2D eigenvalue weighted by atomic mass is 16.4. The quantitative estimate of drug-likeness (QED) is 0.305. The molecule has 0 bridgehead atoms. The molecule has 0 spiro atoms. The average molecular weight is 510 g/mol. The maximum absolute atomic E-state index is 11.9. The number of nitrogens with zero attached hydrogens (tertiary/aromatic N) is 3. The number of rotatable bonds is 4. The smallest absolute Gasteiger partial charge is 0.335 e. The molecule has 1 aliphatic carbocycles. The Bertz CT molecular complexity index is 1530. The normalized spacial score (nSPS) is 22.6. The largest absolute Gasteiger partial charge is 0.478 e. The monoisotopic (exact) mass is 509 g/mol. The summed E-state index contributed by atoms with van der Waals surface area (Å²) in [5.41, 5.74) is 8.41. The third-order valence-electron chi connectivity index (χ3n) is 9.87. The standard InChI is InChI=1S/C33H39N3O2/c1-21-12-13-22(2)36(21)20-25-19-34-16-7-17-35-29-18-24(33(37)38)14-15-27(29)30(23-8-4-3-5-9-23)32(35)28-11-6-10-26(25)31(28)34/h6,10-11,14-15,18-19,21-23H,3-5,7-9,12-13,16-17,20H2,1-2H3,(H,37,38)/t21-,22-/m1/s1. The zero-order valence-corrected chi connectivity index (χ0v) is 22.7. The molecule has 0 unspecified atom stereocenters. The van der Waals surface area contributed by atoms with Crippen molar-refractivity contribution in [2.45, 2.75) is 103 Å². The number of hydrogen-bond donors (Lipinski definition) is 1. The summed E-state index contributed by atoms with van der Waals surface area (Å²) in [6, 6.07) is 14.0. The van der Waals surface area contributed by atoms with Crippen LogP contribution in [0, 0.1) is 0 Å². The molecule has 5 nitrogen and oxygen atoms in total. The number of likely N-dealkylation sites (tertiary alicyclic amines) is 1. The van der Waals surface area contributed by atoms with Crippen LogP contribution in [0.1, 0.15) is 92.6 Å². The zero-order chi connectivity index (χ0) is 26.0. The van der Waals surface area contributed by atoms with Gasteiger partial charge in [-0.25, -0.2) is 4.79 Å². The van der Waals surface area contributed by atoms with Crippen LogP contribution in [0.15, 0.2) is 42.6 Å². The third kappa shape index (κ3) is 3.73. The van der Waals surface area contributed by atoms with Gasteiger partial charge in [0.25, 0.3) is 0 Å². The van der Waals surface area contributed by atoms with Gasteiger partial charge in [0.05, 0.1) is 16.8 Å². The molecule has 2 aliphatic heterocycles. The van der Waals surface area contributed by atoms with Crippen LogP contribution < -0.4 is 0 Å². The number of benzene rings is 2. The van der Waals surface area contributed by atoms with Crippen molar-refractivity contribution in [3.63, 3.8) is 0 Å². The minimum absolute atomic E-state index is 0.382. The molecule has 4 heterocycles. The van der Waals surface area contributed by atoms with E-state index < -0.39 is 5.97 Å². The fourth-order valence-corrected chi connectivity index (χ4v) is 7.92. The van der Waals surface area contributed by atoms with Crippen LogP contribution in [0.3, 0.4) is 0 Å². The lowest BCUT2D eigenvalue weighted by Crippen LogP contribution is -2.31. The molecule has 5 heteroatoms. The molecule has 2 atom stereocenters. The predicted molar refractivity (Wildman–Crippen MR) is 154 cm³/mol. The Balaban J connectivity index is 1.47. The Morgan fingerprint density at radius 2 is 1.71 bits per heavy atom.